The summed E-state index contributed by atoms with van der Waals surface area (Å²) in [5, 5.41) is 0. The van der Waals surface area contributed by atoms with Gasteiger partial charge in [0.2, 0.25) is 0 Å². The fourth-order valence-electron chi connectivity index (χ4n) is 5.04. The first-order valence-electron chi connectivity index (χ1n) is 8.83. The van der Waals surface area contributed by atoms with Gasteiger partial charge in [0.05, 0.1) is 0 Å². The summed E-state index contributed by atoms with van der Waals surface area (Å²) < 4.78 is 0. The summed E-state index contributed by atoms with van der Waals surface area (Å²) in [5.74, 6) is 1.54. The number of carbonyl (C=O) groups is 1. The Labute approximate surface area is 118 Å². The fourth-order valence-corrected chi connectivity index (χ4v) is 5.04. The topological polar surface area (TPSA) is 17.1 Å². The van der Waals surface area contributed by atoms with Gasteiger partial charge in [-0.05, 0) is 56.8 Å². The molecule has 0 unspecified atom stereocenters. The summed E-state index contributed by atoms with van der Waals surface area (Å²) in [5.41, 5.74) is 0.668. The van der Waals surface area contributed by atoms with Gasteiger partial charge in [-0.25, -0.2) is 0 Å². The SMILES string of the molecule is O=C(C1CCCCC1)C1CCC2(CCCCC2)CC1. The van der Waals surface area contributed by atoms with E-state index in [0.29, 0.717) is 23.0 Å². The largest absolute Gasteiger partial charge is 0.299 e. The number of Topliss-reactive ketones (excluding diaryl/α,β-unsaturated/α-hetero) is 1. The molecule has 0 radical (unpaired) electrons. The summed E-state index contributed by atoms with van der Waals surface area (Å²) in [7, 11) is 0. The second kappa shape index (κ2) is 5.97. The molecule has 108 valence electrons. The molecule has 3 saturated carbocycles. The molecular formula is C18H30O. The minimum atomic E-state index is 0.440. The third kappa shape index (κ3) is 3.06. The van der Waals surface area contributed by atoms with E-state index in [1.54, 1.807) is 0 Å². The van der Waals surface area contributed by atoms with Crippen LogP contribution in [0.3, 0.4) is 0 Å². The summed E-state index contributed by atoms with van der Waals surface area (Å²) in [6.07, 6.45) is 18.7. The highest BCUT2D eigenvalue weighted by atomic mass is 16.1. The number of ketones is 1. The van der Waals surface area contributed by atoms with E-state index in [-0.39, 0.29) is 0 Å². The molecule has 0 atom stereocenters. The predicted molar refractivity (Wildman–Crippen MR) is 79.1 cm³/mol. The van der Waals surface area contributed by atoms with Crippen LogP contribution in [0.15, 0.2) is 0 Å². The lowest BCUT2D eigenvalue weighted by molar-refractivity contribution is -0.129. The van der Waals surface area contributed by atoms with Gasteiger partial charge in [0.15, 0.2) is 0 Å². The van der Waals surface area contributed by atoms with Crippen molar-refractivity contribution in [1.29, 1.82) is 0 Å². The molecule has 3 fully saturated rings. The third-order valence-electron chi connectivity index (χ3n) is 6.37. The van der Waals surface area contributed by atoms with Gasteiger partial charge in [-0.15, -0.1) is 0 Å². The number of carbonyl (C=O) groups excluding carboxylic acids is 1. The molecule has 0 aromatic carbocycles. The average Bonchev–Trinajstić information content (AvgIpc) is 2.49. The van der Waals surface area contributed by atoms with E-state index in [9.17, 15) is 4.79 Å². The first kappa shape index (κ1) is 13.6. The summed E-state index contributed by atoms with van der Waals surface area (Å²) in [4.78, 5) is 12.6. The lowest BCUT2D eigenvalue weighted by Crippen LogP contribution is -2.34. The van der Waals surface area contributed by atoms with E-state index >= 15 is 0 Å². The summed E-state index contributed by atoms with van der Waals surface area (Å²) in [6, 6.07) is 0. The zero-order valence-corrected chi connectivity index (χ0v) is 12.5. The molecule has 1 heteroatoms. The standard InChI is InChI=1S/C18H30O/c19-17(15-7-3-1-4-8-15)16-9-13-18(14-10-16)11-5-2-6-12-18/h15-16H,1-14H2. The van der Waals surface area contributed by atoms with Crippen LogP contribution < -0.4 is 0 Å². The van der Waals surface area contributed by atoms with Gasteiger partial charge in [0.1, 0.15) is 5.78 Å². The first-order chi connectivity index (χ1) is 9.29. The fraction of sp³-hybridized carbons (Fsp3) is 0.944. The van der Waals surface area contributed by atoms with Gasteiger partial charge < -0.3 is 0 Å². The Kier molecular flexibility index (Phi) is 4.29. The molecule has 1 nitrogen and oxygen atoms in total. The lowest BCUT2D eigenvalue weighted by atomic mass is 9.62. The molecule has 0 amide bonds. The van der Waals surface area contributed by atoms with E-state index in [2.05, 4.69) is 0 Å². The molecular weight excluding hydrogens is 232 g/mol. The molecule has 3 rings (SSSR count). The first-order valence-corrected chi connectivity index (χ1v) is 8.83. The highest BCUT2D eigenvalue weighted by Gasteiger charge is 2.39. The Morgan fingerprint density at radius 1 is 0.632 bits per heavy atom. The van der Waals surface area contributed by atoms with E-state index in [4.69, 9.17) is 0 Å². The molecule has 0 aliphatic heterocycles. The Morgan fingerprint density at radius 2 is 1.16 bits per heavy atom. The van der Waals surface area contributed by atoms with Crippen LogP contribution in [0, 0.1) is 17.3 Å². The zero-order valence-electron chi connectivity index (χ0n) is 12.5. The lowest BCUT2D eigenvalue weighted by Gasteiger charge is -2.43. The highest BCUT2D eigenvalue weighted by Crippen LogP contribution is 2.49. The van der Waals surface area contributed by atoms with Crippen LogP contribution in [-0.2, 0) is 4.79 Å². The molecule has 0 aromatic heterocycles. The summed E-state index contributed by atoms with van der Waals surface area (Å²) >= 11 is 0. The molecule has 0 heterocycles. The van der Waals surface area contributed by atoms with Gasteiger partial charge in [-0.1, -0.05) is 38.5 Å². The molecule has 0 bridgehead atoms. The Bertz CT molecular complexity index is 298. The number of hydrogen-bond donors (Lipinski definition) is 0. The Balaban J connectivity index is 1.52. The van der Waals surface area contributed by atoms with Crippen molar-refractivity contribution in [2.45, 2.75) is 89.9 Å². The van der Waals surface area contributed by atoms with Gasteiger partial charge in [-0.2, -0.15) is 0 Å². The molecule has 0 N–H and O–H groups in total. The van der Waals surface area contributed by atoms with Crippen LogP contribution in [0.25, 0.3) is 0 Å². The third-order valence-corrected chi connectivity index (χ3v) is 6.37. The van der Waals surface area contributed by atoms with Crippen molar-refractivity contribution in [3.63, 3.8) is 0 Å². The van der Waals surface area contributed by atoms with Crippen molar-refractivity contribution < 1.29 is 4.79 Å². The van der Waals surface area contributed by atoms with Crippen molar-refractivity contribution in [3.8, 4) is 0 Å². The predicted octanol–water partition coefficient (Wildman–Crippen LogP) is 5.28. The zero-order chi connectivity index (χ0) is 13.1. The maximum Gasteiger partial charge on any atom is 0.139 e. The van der Waals surface area contributed by atoms with Crippen molar-refractivity contribution in [1.82, 2.24) is 0 Å². The minimum absolute atomic E-state index is 0.440. The van der Waals surface area contributed by atoms with E-state index in [0.717, 1.165) is 0 Å². The quantitative estimate of drug-likeness (QED) is 0.662. The van der Waals surface area contributed by atoms with Crippen LogP contribution in [0.1, 0.15) is 89.9 Å². The summed E-state index contributed by atoms with van der Waals surface area (Å²) in [6.45, 7) is 0. The Hall–Kier alpha value is -0.330. The smallest absolute Gasteiger partial charge is 0.139 e. The molecule has 1 spiro atoms. The molecule has 0 saturated heterocycles. The van der Waals surface area contributed by atoms with E-state index in [1.165, 1.54) is 89.9 Å². The minimum Gasteiger partial charge on any atom is -0.299 e. The average molecular weight is 262 g/mol. The van der Waals surface area contributed by atoms with Gasteiger partial charge in [0, 0.05) is 11.8 Å². The van der Waals surface area contributed by atoms with Crippen molar-refractivity contribution in [2.24, 2.45) is 17.3 Å². The second-order valence-electron chi connectivity index (χ2n) is 7.57. The monoisotopic (exact) mass is 262 g/mol. The molecule has 3 aliphatic rings. The maximum absolute atomic E-state index is 12.6. The van der Waals surface area contributed by atoms with Gasteiger partial charge in [-0.3, -0.25) is 4.79 Å². The van der Waals surface area contributed by atoms with Gasteiger partial charge in [0.25, 0.3) is 0 Å². The van der Waals surface area contributed by atoms with Crippen molar-refractivity contribution >= 4 is 5.78 Å². The van der Waals surface area contributed by atoms with E-state index < -0.39 is 0 Å². The van der Waals surface area contributed by atoms with Crippen LogP contribution in [-0.4, -0.2) is 5.78 Å². The molecule has 0 aromatic rings. The highest BCUT2D eigenvalue weighted by molar-refractivity contribution is 5.83. The van der Waals surface area contributed by atoms with E-state index in [1.807, 2.05) is 0 Å². The Morgan fingerprint density at radius 3 is 1.79 bits per heavy atom. The van der Waals surface area contributed by atoms with Crippen LogP contribution >= 0.6 is 0 Å². The number of rotatable bonds is 2. The molecule has 19 heavy (non-hydrogen) atoms. The number of hydrogen-bond acceptors (Lipinski definition) is 1. The van der Waals surface area contributed by atoms with Crippen LogP contribution in [0.2, 0.25) is 0 Å². The van der Waals surface area contributed by atoms with Gasteiger partial charge >= 0.3 is 0 Å². The maximum atomic E-state index is 12.6. The van der Waals surface area contributed by atoms with Crippen LogP contribution in [0.5, 0.6) is 0 Å². The van der Waals surface area contributed by atoms with Crippen molar-refractivity contribution in [2.75, 3.05) is 0 Å². The normalized spacial score (nSPS) is 29.5. The van der Waals surface area contributed by atoms with Crippen molar-refractivity contribution in [3.05, 3.63) is 0 Å². The van der Waals surface area contributed by atoms with Crippen LogP contribution in [0.4, 0.5) is 0 Å². The molecule has 3 aliphatic carbocycles. The second-order valence-corrected chi connectivity index (χ2v) is 7.57.